The van der Waals surface area contributed by atoms with Crippen molar-refractivity contribution in [2.24, 2.45) is 7.05 Å². The van der Waals surface area contributed by atoms with Crippen LogP contribution in [-0.2, 0) is 23.1 Å². The van der Waals surface area contributed by atoms with E-state index in [1.165, 1.54) is 18.7 Å². The third-order valence-corrected chi connectivity index (χ3v) is 5.37. The molecular formula is C19H18ClN5O4. The number of ether oxygens (including phenoxy) is 1. The summed E-state index contributed by atoms with van der Waals surface area (Å²) in [4.78, 5) is 42.1. The highest BCUT2D eigenvalue weighted by Gasteiger charge is 2.23. The normalized spacial score (nSPS) is 11.5. The van der Waals surface area contributed by atoms with Crippen molar-refractivity contribution >= 4 is 34.5 Å². The van der Waals surface area contributed by atoms with Crippen LogP contribution in [0.3, 0.4) is 0 Å². The molecule has 0 unspecified atom stereocenters. The number of aromatic nitrogens is 5. The second kappa shape index (κ2) is 6.63. The van der Waals surface area contributed by atoms with E-state index in [4.69, 9.17) is 11.6 Å². The van der Waals surface area contributed by atoms with Gasteiger partial charge in [-0.2, -0.15) is 4.98 Å². The Balaban J connectivity index is 2.13. The van der Waals surface area contributed by atoms with Gasteiger partial charge in [-0.15, -0.1) is 0 Å². The topological polar surface area (TPSA) is 92.5 Å². The second-order valence-corrected chi connectivity index (χ2v) is 7.15. The van der Waals surface area contributed by atoms with Crippen LogP contribution in [0.1, 0.15) is 11.4 Å². The zero-order chi connectivity index (χ0) is 21.0. The fourth-order valence-corrected chi connectivity index (χ4v) is 3.61. The van der Waals surface area contributed by atoms with Crippen molar-refractivity contribution in [3.8, 4) is 5.69 Å². The first-order valence-electron chi connectivity index (χ1n) is 8.79. The molecule has 0 saturated heterocycles. The van der Waals surface area contributed by atoms with E-state index in [9.17, 15) is 14.4 Å². The predicted molar refractivity (Wildman–Crippen MR) is 108 cm³/mol. The molecule has 10 heteroatoms. The molecule has 0 saturated carbocycles. The highest BCUT2D eigenvalue weighted by Crippen LogP contribution is 2.25. The maximum absolute atomic E-state index is 13.1. The molecule has 3 aromatic heterocycles. The molecule has 0 bridgehead atoms. The van der Waals surface area contributed by atoms with E-state index in [2.05, 4.69) is 9.72 Å². The number of hydrogen-bond donors (Lipinski definition) is 0. The van der Waals surface area contributed by atoms with E-state index < -0.39 is 23.8 Å². The van der Waals surface area contributed by atoms with Crippen LogP contribution in [0.15, 0.2) is 33.9 Å². The maximum atomic E-state index is 13.1. The van der Waals surface area contributed by atoms with Crippen molar-refractivity contribution in [2.75, 3.05) is 7.11 Å². The van der Waals surface area contributed by atoms with Crippen molar-refractivity contribution in [3.05, 3.63) is 61.5 Å². The predicted octanol–water partition coefficient (Wildman–Crippen LogP) is 1.58. The van der Waals surface area contributed by atoms with Crippen molar-refractivity contribution < 1.29 is 9.53 Å². The third-order valence-electron chi connectivity index (χ3n) is 5.12. The highest BCUT2D eigenvalue weighted by molar-refractivity contribution is 6.30. The van der Waals surface area contributed by atoms with Gasteiger partial charge in [0.05, 0.1) is 7.11 Å². The molecule has 0 aliphatic carbocycles. The van der Waals surface area contributed by atoms with Crippen LogP contribution in [0, 0.1) is 13.8 Å². The maximum Gasteiger partial charge on any atom is 0.333 e. The Morgan fingerprint density at radius 1 is 1.14 bits per heavy atom. The summed E-state index contributed by atoms with van der Waals surface area (Å²) >= 11 is 6.01. The van der Waals surface area contributed by atoms with Gasteiger partial charge in [0.2, 0.25) is 5.78 Å². The molecule has 3 heterocycles. The number of methoxy groups -OCH3 is 1. The van der Waals surface area contributed by atoms with E-state index in [1.54, 1.807) is 16.5 Å². The smallest absolute Gasteiger partial charge is 0.333 e. The Morgan fingerprint density at radius 2 is 1.79 bits per heavy atom. The lowest BCUT2D eigenvalue weighted by molar-refractivity contribution is -0.141. The molecule has 4 rings (SSSR count). The number of imidazole rings is 2. The number of carbonyl (C=O) groups is 1. The SMILES string of the molecule is COC(=O)Cn1c(=O)c2c(nc3n(-c4ccc(Cl)cc4)c(C)c(C)n23)n(C)c1=O. The number of fused-ring (bicyclic) bond motifs is 3. The number of halogens is 1. The lowest BCUT2D eigenvalue weighted by Gasteiger charge is -2.08. The summed E-state index contributed by atoms with van der Waals surface area (Å²) in [5.74, 6) is -0.198. The molecule has 0 aliphatic heterocycles. The van der Waals surface area contributed by atoms with E-state index in [0.29, 0.717) is 10.8 Å². The lowest BCUT2D eigenvalue weighted by Crippen LogP contribution is -2.41. The molecule has 0 fully saturated rings. The molecule has 0 aliphatic rings. The van der Waals surface area contributed by atoms with Crippen LogP contribution in [0.4, 0.5) is 0 Å². The van der Waals surface area contributed by atoms with Crippen LogP contribution >= 0.6 is 11.6 Å². The van der Waals surface area contributed by atoms with Crippen molar-refractivity contribution in [1.29, 1.82) is 0 Å². The van der Waals surface area contributed by atoms with Gasteiger partial charge in [0.15, 0.2) is 11.2 Å². The Hall–Kier alpha value is -3.33. The van der Waals surface area contributed by atoms with Gasteiger partial charge in [0.25, 0.3) is 5.56 Å². The summed E-state index contributed by atoms with van der Waals surface area (Å²) in [6, 6.07) is 7.24. The quantitative estimate of drug-likeness (QED) is 0.474. The van der Waals surface area contributed by atoms with Gasteiger partial charge in [-0.3, -0.25) is 23.1 Å². The molecule has 4 aromatic rings. The van der Waals surface area contributed by atoms with Crippen LogP contribution in [0.2, 0.25) is 5.02 Å². The van der Waals surface area contributed by atoms with Crippen LogP contribution in [0.5, 0.6) is 0 Å². The molecule has 29 heavy (non-hydrogen) atoms. The second-order valence-electron chi connectivity index (χ2n) is 6.71. The van der Waals surface area contributed by atoms with Gasteiger partial charge in [0.1, 0.15) is 6.54 Å². The van der Waals surface area contributed by atoms with Gasteiger partial charge in [-0.05, 0) is 38.1 Å². The summed E-state index contributed by atoms with van der Waals surface area (Å²) in [5.41, 5.74) is 1.71. The van der Waals surface area contributed by atoms with E-state index >= 15 is 0 Å². The van der Waals surface area contributed by atoms with Crippen LogP contribution < -0.4 is 11.2 Å². The van der Waals surface area contributed by atoms with E-state index in [-0.39, 0.29) is 11.2 Å². The number of nitrogens with zero attached hydrogens (tertiary/aromatic N) is 5. The zero-order valence-electron chi connectivity index (χ0n) is 16.3. The van der Waals surface area contributed by atoms with Crippen LogP contribution in [-0.4, -0.2) is 36.2 Å². The minimum atomic E-state index is -0.684. The summed E-state index contributed by atoms with van der Waals surface area (Å²) in [5, 5.41) is 0.605. The van der Waals surface area contributed by atoms with Gasteiger partial charge in [-0.25, -0.2) is 9.36 Å². The average molecular weight is 416 g/mol. The summed E-state index contributed by atoms with van der Waals surface area (Å²) in [6.07, 6.45) is 0. The highest BCUT2D eigenvalue weighted by atomic mass is 35.5. The fourth-order valence-electron chi connectivity index (χ4n) is 3.48. The first-order chi connectivity index (χ1) is 13.8. The summed E-state index contributed by atoms with van der Waals surface area (Å²) in [6.45, 7) is 3.31. The van der Waals surface area contributed by atoms with Gasteiger partial charge in [-0.1, -0.05) is 11.6 Å². The zero-order valence-corrected chi connectivity index (χ0v) is 17.0. The number of hydrogen-bond acceptors (Lipinski definition) is 5. The van der Waals surface area contributed by atoms with Crippen molar-refractivity contribution in [1.82, 2.24) is 23.1 Å². The average Bonchev–Trinajstić information content (AvgIpc) is 3.20. The molecule has 0 spiro atoms. The first-order valence-corrected chi connectivity index (χ1v) is 9.16. The molecule has 0 N–H and O–H groups in total. The largest absolute Gasteiger partial charge is 0.468 e. The molecular weight excluding hydrogens is 398 g/mol. The van der Waals surface area contributed by atoms with E-state index in [1.807, 2.05) is 30.5 Å². The van der Waals surface area contributed by atoms with Gasteiger partial charge < -0.3 is 4.74 Å². The molecule has 0 atom stereocenters. The minimum Gasteiger partial charge on any atom is -0.468 e. The van der Waals surface area contributed by atoms with Crippen molar-refractivity contribution in [3.63, 3.8) is 0 Å². The number of rotatable bonds is 3. The number of esters is 1. The van der Waals surface area contributed by atoms with E-state index in [0.717, 1.165) is 21.6 Å². The Morgan fingerprint density at radius 3 is 2.41 bits per heavy atom. The number of carbonyl (C=O) groups excluding carboxylic acids is 1. The minimum absolute atomic E-state index is 0.222. The standard InChI is InChI=1S/C19H18ClN5O4/c1-10-11(2)25-15-16(21-18(25)24(10)13-7-5-12(20)6-8-13)22(3)19(28)23(17(15)27)9-14(26)29-4/h5-8H,9H2,1-4H3. The Labute approximate surface area is 169 Å². The number of aryl methyl sites for hydroxylation is 2. The van der Waals surface area contributed by atoms with Gasteiger partial charge >= 0.3 is 11.7 Å². The molecule has 1 aromatic carbocycles. The fraction of sp³-hybridized carbons (Fsp3) is 0.263. The Bertz CT molecular complexity index is 1410. The van der Waals surface area contributed by atoms with Gasteiger partial charge in [0, 0.05) is 29.1 Å². The molecule has 0 amide bonds. The third kappa shape index (κ3) is 2.69. The lowest BCUT2D eigenvalue weighted by atomic mass is 10.3. The Kier molecular flexibility index (Phi) is 4.34. The molecule has 0 radical (unpaired) electrons. The summed E-state index contributed by atoms with van der Waals surface area (Å²) < 4.78 is 10.3. The monoisotopic (exact) mass is 415 g/mol. The summed E-state index contributed by atoms with van der Waals surface area (Å²) in [7, 11) is 2.71. The molecule has 9 nitrogen and oxygen atoms in total. The van der Waals surface area contributed by atoms with Crippen LogP contribution in [0.25, 0.3) is 22.6 Å². The molecule has 150 valence electrons. The van der Waals surface area contributed by atoms with Crippen molar-refractivity contribution in [2.45, 2.75) is 20.4 Å². The number of benzene rings is 1. The first kappa shape index (κ1) is 19.0.